The molecule has 0 aliphatic carbocycles. The quantitative estimate of drug-likeness (QED) is 0.365. The summed E-state index contributed by atoms with van der Waals surface area (Å²) in [6, 6.07) is 15.6. The van der Waals surface area contributed by atoms with Gasteiger partial charge in [0.05, 0.1) is 17.2 Å². The molecule has 2 heterocycles. The monoisotopic (exact) mass is 540 g/mol. The highest BCUT2D eigenvalue weighted by Crippen LogP contribution is 2.39. The molecule has 0 spiro atoms. The molecule has 0 saturated carbocycles. The van der Waals surface area contributed by atoms with Gasteiger partial charge in [-0.1, -0.05) is 35.9 Å². The van der Waals surface area contributed by atoms with Crippen molar-refractivity contribution >= 4 is 44.4 Å². The van der Waals surface area contributed by atoms with Crippen molar-refractivity contribution in [3.05, 3.63) is 88.6 Å². The molecule has 11 heteroatoms. The van der Waals surface area contributed by atoms with Gasteiger partial charge in [0.25, 0.3) is 10.0 Å². The average Bonchev–Trinajstić information content (AvgIpc) is 3.43. The van der Waals surface area contributed by atoms with Crippen LogP contribution in [0.15, 0.2) is 71.8 Å². The molecule has 1 aliphatic rings. The van der Waals surface area contributed by atoms with E-state index in [1.54, 1.807) is 42.6 Å². The first kappa shape index (κ1) is 24.7. The van der Waals surface area contributed by atoms with Gasteiger partial charge >= 0.3 is 5.97 Å². The van der Waals surface area contributed by atoms with Crippen LogP contribution in [-0.2, 0) is 33.1 Å². The highest BCUT2D eigenvalue weighted by molar-refractivity contribution is 7.90. The highest BCUT2D eigenvalue weighted by atomic mass is 35.5. The number of aromatic nitrogens is 1. The Labute approximate surface area is 217 Å². The SMILES string of the molecule is Cn1cc(C(C(=O)NS(=O)(=O)c2ccc(CC(=O)O)cc2)c2ccc3c(c2)OCO3)c2ccc(Cl)cc21. The molecule has 1 aliphatic heterocycles. The van der Waals surface area contributed by atoms with Crippen LogP contribution >= 0.6 is 11.6 Å². The molecule has 0 saturated heterocycles. The van der Waals surface area contributed by atoms with Crippen molar-refractivity contribution in [2.75, 3.05) is 6.79 Å². The molecule has 9 nitrogen and oxygen atoms in total. The average molecular weight is 541 g/mol. The van der Waals surface area contributed by atoms with Crippen LogP contribution in [0, 0.1) is 0 Å². The maximum Gasteiger partial charge on any atom is 0.307 e. The van der Waals surface area contributed by atoms with Crippen molar-refractivity contribution in [3.63, 3.8) is 0 Å². The lowest BCUT2D eigenvalue weighted by atomic mass is 9.90. The lowest BCUT2D eigenvalue weighted by Crippen LogP contribution is -2.35. The first-order valence-corrected chi connectivity index (χ1v) is 13.0. The lowest BCUT2D eigenvalue weighted by molar-refractivity contribution is -0.136. The molecule has 0 fully saturated rings. The Hall–Kier alpha value is -4.02. The van der Waals surface area contributed by atoms with Gasteiger partial charge in [0.15, 0.2) is 11.5 Å². The molecule has 0 bridgehead atoms. The summed E-state index contributed by atoms with van der Waals surface area (Å²) in [6.45, 7) is 0.0503. The number of hydrogen-bond donors (Lipinski definition) is 2. The number of hydrogen-bond acceptors (Lipinski definition) is 6. The second-order valence-corrected chi connectivity index (χ2v) is 10.7. The second kappa shape index (κ2) is 9.45. The zero-order chi connectivity index (χ0) is 26.3. The van der Waals surface area contributed by atoms with Crippen molar-refractivity contribution in [1.82, 2.24) is 9.29 Å². The van der Waals surface area contributed by atoms with Gasteiger partial charge in [-0.3, -0.25) is 9.59 Å². The first-order chi connectivity index (χ1) is 17.6. The number of carboxylic acid groups (broad SMARTS) is 1. The molecular weight excluding hydrogens is 520 g/mol. The summed E-state index contributed by atoms with van der Waals surface area (Å²) in [7, 11) is -2.45. The molecule has 1 atom stereocenters. The molecule has 190 valence electrons. The number of benzene rings is 3. The maximum atomic E-state index is 13.7. The van der Waals surface area contributed by atoms with E-state index >= 15 is 0 Å². The minimum Gasteiger partial charge on any atom is -0.481 e. The van der Waals surface area contributed by atoms with Crippen LogP contribution < -0.4 is 14.2 Å². The number of nitrogens with one attached hydrogen (secondary N) is 1. The summed E-state index contributed by atoms with van der Waals surface area (Å²) in [6.07, 6.45) is 1.52. The number of sulfonamides is 1. The first-order valence-electron chi connectivity index (χ1n) is 11.1. The molecule has 3 aromatic carbocycles. The van der Waals surface area contributed by atoms with E-state index in [-0.39, 0.29) is 18.1 Å². The van der Waals surface area contributed by atoms with Gasteiger partial charge in [-0.25, -0.2) is 13.1 Å². The minimum absolute atomic E-state index is 0.0503. The Morgan fingerprint density at radius 2 is 1.78 bits per heavy atom. The number of rotatable bonds is 7. The van der Waals surface area contributed by atoms with Crippen molar-refractivity contribution in [3.8, 4) is 11.5 Å². The third-order valence-electron chi connectivity index (χ3n) is 6.11. The number of fused-ring (bicyclic) bond motifs is 2. The molecule has 5 rings (SSSR count). The van der Waals surface area contributed by atoms with Crippen LogP contribution in [0.25, 0.3) is 10.9 Å². The second-order valence-electron chi connectivity index (χ2n) is 8.59. The fourth-order valence-corrected chi connectivity index (χ4v) is 5.56. The summed E-state index contributed by atoms with van der Waals surface area (Å²) in [5.74, 6) is -1.83. The van der Waals surface area contributed by atoms with E-state index in [1.807, 2.05) is 11.6 Å². The topological polar surface area (TPSA) is 124 Å². The molecule has 37 heavy (non-hydrogen) atoms. The number of aryl methyl sites for hydroxylation is 1. The smallest absolute Gasteiger partial charge is 0.307 e. The Morgan fingerprint density at radius 3 is 2.51 bits per heavy atom. The molecule has 4 aromatic rings. The summed E-state index contributed by atoms with van der Waals surface area (Å²) in [5, 5.41) is 10.2. The number of carbonyl (C=O) groups excluding carboxylic acids is 1. The van der Waals surface area contributed by atoms with E-state index in [1.165, 1.54) is 24.3 Å². The minimum atomic E-state index is -4.26. The van der Waals surface area contributed by atoms with Gasteiger partial charge in [-0.2, -0.15) is 0 Å². The summed E-state index contributed by atoms with van der Waals surface area (Å²) in [4.78, 5) is 24.5. The number of aliphatic carboxylic acids is 1. The number of carboxylic acids is 1. The van der Waals surface area contributed by atoms with Gasteiger partial charge in [0, 0.05) is 29.2 Å². The normalized spacial score (nSPS) is 13.5. The molecule has 1 aromatic heterocycles. The van der Waals surface area contributed by atoms with Gasteiger partial charge in [-0.15, -0.1) is 0 Å². The largest absolute Gasteiger partial charge is 0.481 e. The van der Waals surface area contributed by atoms with E-state index in [0.29, 0.717) is 33.2 Å². The molecule has 2 N–H and O–H groups in total. The summed E-state index contributed by atoms with van der Waals surface area (Å²) >= 11 is 6.18. The number of ether oxygens (including phenoxy) is 2. The zero-order valence-electron chi connectivity index (χ0n) is 19.5. The number of nitrogens with zero attached hydrogens (tertiary/aromatic N) is 1. The van der Waals surface area contributed by atoms with Crippen molar-refractivity contribution < 1.29 is 32.6 Å². The van der Waals surface area contributed by atoms with Gasteiger partial charge < -0.3 is 19.1 Å². The molecule has 0 radical (unpaired) electrons. The summed E-state index contributed by atoms with van der Waals surface area (Å²) in [5.41, 5.74) is 2.30. The van der Waals surface area contributed by atoms with Crippen LogP contribution in [0.3, 0.4) is 0 Å². The fourth-order valence-electron chi connectivity index (χ4n) is 4.39. The van der Waals surface area contributed by atoms with Crippen LogP contribution in [0.4, 0.5) is 0 Å². The fraction of sp³-hybridized carbons (Fsp3) is 0.154. The number of carbonyl (C=O) groups is 2. The number of halogens is 1. The van der Waals surface area contributed by atoms with Crippen LogP contribution in [0.5, 0.6) is 11.5 Å². The van der Waals surface area contributed by atoms with E-state index in [0.717, 1.165) is 10.9 Å². The van der Waals surface area contributed by atoms with E-state index in [9.17, 15) is 18.0 Å². The third-order valence-corrected chi connectivity index (χ3v) is 7.71. The molecular formula is C26H21ClN2O7S. The van der Waals surface area contributed by atoms with Crippen LogP contribution in [0.1, 0.15) is 22.6 Å². The van der Waals surface area contributed by atoms with Gasteiger partial charge in [0.1, 0.15) is 0 Å². The van der Waals surface area contributed by atoms with E-state index < -0.39 is 27.8 Å². The van der Waals surface area contributed by atoms with Crippen molar-refractivity contribution in [1.29, 1.82) is 0 Å². The Balaban J connectivity index is 1.55. The van der Waals surface area contributed by atoms with Crippen molar-refractivity contribution in [2.45, 2.75) is 17.2 Å². The maximum absolute atomic E-state index is 13.7. The Kier molecular flexibility index (Phi) is 6.30. The predicted molar refractivity (Wildman–Crippen MR) is 135 cm³/mol. The molecule has 1 amide bonds. The van der Waals surface area contributed by atoms with Crippen molar-refractivity contribution in [2.24, 2.45) is 7.05 Å². The van der Waals surface area contributed by atoms with E-state index in [4.69, 9.17) is 26.2 Å². The zero-order valence-corrected chi connectivity index (χ0v) is 21.0. The standard InChI is InChI=1S/C26H21ClN2O7S/c1-29-13-20(19-8-5-17(27)12-21(19)29)25(16-4-9-22-23(11-16)36-14-35-22)26(32)28-37(33,34)18-6-2-15(3-7-18)10-24(30)31/h2-9,11-13,25H,10,14H2,1H3,(H,28,32)(H,30,31). The van der Waals surface area contributed by atoms with Crippen LogP contribution in [0.2, 0.25) is 5.02 Å². The molecule has 1 unspecified atom stereocenters. The third kappa shape index (κ3) is 4.85. The van der Waals surface area contributed by atoms with Gasteiger partial charge in [0.2, 0.25) is 12.7 Å². The Bertz CT molecular complexity index is 1650. The number of amides is 1. The van der Waals surface area contributed by atoms with E-state index in [2.05, 4.69) is 4.72 Å². The summed E-state index contributed by atoms with van der Waals surface area (Å²) < 4.78 is 41.1. The lowest BCUT2D eigenvalue weighted by Gasteiger charge is -2.18. The van der Waals surface area contributed by atoms with Crippen LogP contribution in [-0.4, -0.2) is 36.8 Å². The predicted octanol–water partition coefficient (Wildman–Crippen LogP) is 3.82. The highest BCUT2D eigenvalue weighted by Gasteiger charge is 2.31. The Morgan fingerprint density at radius 1 is 1.05 bits per heavy atom. The van der Waals surface area contributed by atoms with Gasteiger partial charge in [-0.05, 0) is 53.1 Å².